The van der Waals surface area contributed by atoms with Crippen LogP contribution in [0.5, 0.6) is 0 Å². The first-order valence-corrected chi connectivity index (χ1v) is 9.56. The number of halogens is 1. The van der Waals surface area contributed by atoms with Crippen LogP contribution in [0.3, 0.4) is 0 Å². The van der Waals surface area contributed by atoms with Crippen molar-refractivity contribution in [3.05, 3.63) is 35.9 Å². The average molecular weight is 389 g/mol. The fourth-order valence-electron chi connectivity index (χ4n) is 4.37. The second-order valence-corrected chi connectivity index (χ2v) is 7.79. The smallest absolute Gasteiger partial charge is 0.306 e. The number of hydrogen-bond donors (Lipinski definition) is 1. The van der Waals surface area contributed by atoms with Gasteiger partial charge in [-0.3, -0.25) is 9.59 Å². The van der Waals surface area contributed by atoms with Gasteiger partial charge in [0.05, 0.1) is 11.4 Å². The average Bonchev–Trinajstić information content (AvgIpc) is 3.38. The standard InChI is InChI=1S/C19H21ClN4O3/c20-15-3-4-17(24-11-21-10-22-24)16(8-15)23-18(25)9-27-19(26)7-14-6-12-1-2-13(14)5-12/h3-4,8,10-14H,1-2,5-7,9H2,(H,23,25)/t12-,13+,14+/m0/s1. The van der Waals surface area contributed by atoms with E-state index in [4.69, 9.17) is 16.3 Å². The monoisotopic (exact) mass is 388 g/mol. The molecule has 142 valence electrons. The molecule has 2 fully saturated rings. The summed E-state index contributed by atoms with van der Waals surface area (Å²) >= 11 is 6.03. The van der Waals surface area contributed by atoms with Crippen molar-refractivity contribution in [2.24, 2.45) is 17.8 Å². The summed E-state index contributed by atoms with van der Waals surface area (Å²) in [6, 6.07) is 5.05. The third-order valence-electron chi connectivity index (χ3n) is 5.58. The topological polar surface area (TPSA) is 86.1 Å². The van der Waals surface area contributed by atoms with Gasteiger partial charge in [0.2, 0.25) is 0 Å². The molecule has 2 aromatic rings. The Morgan fingerprint density at radius 3 is 2.89 bits per heavy atom. The molecule has 2 saturated carbocycles. The van der Waals surface area contributed by atoms with Crippen LogP contribution in [0.15, 0.2) is 30.9 Å². The molecule has 0 unspecified atom stereocenters. The number of carbonyl (C=O) groups is 2. The summed E-state index contributed by atoms with van der Waals surface area (Å²) in [7, 11) is 0. The highest BCUT2D eigenvalue weighted by Gasteiger charge is 2.40. The van der Waals surface area contributed by atoms with Crippen LogP contribution in [0.25, 0.3) is 5.69 Å². The molecule has 4 rings (SSSR count). The summed E-state index contributed by atoms with van der Waals surface area (Å²) in [5, 5.41) is 7.26. The number of rotatable bonds is 6. The minimum absolute atomic E-state index is 0.301. The number of aromatic nitrogens is 3. The molecule has 0 saturated heterocycles. The predicted molar refractivity (Wildman–Crippen MR) is 99.5 cm³/mol. The van der Waals surface area contributed by atoms with Crippen LogP contribution in [0.4, 0.5) is 5.69 Å². The third kappa shape index (κ3) is 4.13. The lowest BCUT2D eigenvalue weighted by molar-refractivity contribution is -0.148. The van der Waals surface area contributed by atoms with E-state index in [2.05, 4.69) is 15.4 Å². The summed E-state index contributed by atoms with van der Waals surface area (Å²) < 4.78 is 6.71. The Labute approximate surface area is 162 Å². The molecule has 3 atom stereocenters. The normalized spacial score (nSPS) is 23.4. The molecule has 1 aromatic heterocycles. The van der Waals surface area contributed by atoms with Gasteiger partial charge in [0, 0.05) is 11.4 Å². The van der Waals surface area contributed by atoms with E-state index in [1.54, 1.807) is 18.2 Å². The Hall–Kier alpha value is -2.41. The molecular weight excluding hydrogens is 368 g/mol. The van der Waals surface area contributed by atoms with E-state index >= 15 is 0 Å². The van der Waals surface area contributed by atoms with Gasteiger partial charge in [-0.15, -0.1) is 0 Å². The molecule has 0 aliphatic heterocycles. The Kier molecular flexibility index (Phi) is 5.11. The lowest BCUT2D eigenvalue weighted by Crippen LogP contribution is -2.23. The number of esters is 1. The number of fused-ring (bicyclic) bond motifs is 2. The van der Waals surface area contributed by atoms with Gasteiger partial charge in [0.1, 0.15) is 12.7 Å². The summed E-state index contributed by atoms with van der Waals surface area (Å²) in [5.41, 5.74) is 1.10. The Morgan fingerprint density at radius 2 is 2.19 bits per heavy atom. The van der Waals surface area contributed by atoms with Crippen molar-refractivity contribution >= 4 is 29.2 Å². The van der Waals surface area contributed by atoms with Crippen LogP contribution in [-0.2, 0) is 14.3 Å². The van der Waals surface area contributed by atoms with Crippen molar-refractivity contribution < 1.29 is 14.3 Å². The van der Waals surface area contributed by atoms with Crippen LogP contribution in [-0.4, -0.2) is 33.2 Å². The Balaban J connectivity index is 1.32. The van der Waals surface area contributed by atoms with Crippen molar-refractivity contribution in [3.8, 4) is 5.69 Å². The van der Waals surface area contributed by atoms with Crippen molar-refractivity contribution in [1.29, 1.82) is 0 Å². The lowest BCUT2D eigenvalue weighted by Gasteiger charge is -2.20. The van der Waals surface area contributed by atoms with Crippen LogP contribution in [0.1, 0.15) is 32.1 Å². The van der Waals surface area contributed by atoms with Crippen LogP contribution >= 0.6 is 11.6 Å². The molecule has 0 radical (unpaired) electrons. The molecule has 8 heteroatoms. The second kappa shape index (κ2) is 7.68. The Morgan fingerprint density at radius 1 is 1.30 bits per heavy atom. The number of anilines is 1. The lowest BCUT2D eigenvalue weighted by atomic mass is 9.86. The summed E-state index contributed by atoms with van der Waals surface area (Å²) in [6.45, 7) is -0.317. The van der Waals surface area contributed by atoms with E-state index in [0.717, 1.165) is 12.3 Å². The summed E-state index contributed by atoms with van der Waals surface area (Å²) in [6.07, 6.45) is 8.23. The molecule has 2 bridgehead atoms. The number of amides is 1. The van der Waals surface area contributed by atoms with E-state index < -0.39 is 5.91 Å². The number of benzene rings is 1. The highest BCUT2D eigenvalue weighted by molar-refractivity contribution is 6.31. The largest absolute Gasteiger partial charge is 0.456 e. The van der Waals surface area contributed by atoms with Crippen LogP contribution in [0.2, 0.25) is 5.02 Å². The number of carbonyl (C=O) groups excluding carboxylic acids is 2. The fourth-order valence-corrected chi connectivity index (χ4v) is 4.54. The molecule has 1 amide bonds. The predicted octanol–water partition coefficient (Wildman–Crippen LogP) is 3.23. The van der Waals surface area contributed by atoms with Crippen molar-refractivity contribution in [3.63, 3.8) is 0 Å². The first-order valence-electron chi connectivity index (χ1n) is 9.18. The Bertz CT molecular complexity index is 839. The van der Waals surface area contributed by atoms with E-state index in [1.165, 1.54) is 36.6 Å². The zero-order valence-electron chi connectivity index (χ0n) is 14.8. The van der Waals surface area contributed by atoms with Crippen molar-refractivity contribution in [1.82, 2.24) is 14.8 Å². The van der Waals surface area contributed by atoms with E-state index in [9.17, 15) is 9.59 Å². The maximum Gasteiger partial charge on any atom is 0.306 e. The highest BCUT2D eigenvalue weighted by atomic mass is 35.5. The van der Waals surface area contributed by atoms with Crippen LogP contribution < -0.4 is 5.32 Å². The van der Waals surface area contributed by atoms with Gasteiger partial charge in [-0.2, -0.15) is 5.10 Å². The molecular formula is C19H21ClN4O3. The van der Waals surface area contributed by atoms with E-state index in [-0.39, 0.29) is 12.6 Å². The molecule has 2 aliphatic carbocycles. The number of ether oxygens (including phenoxy) is 1. The molecule has 1 N–H and O–H groups in total. The van der Waals surface area contributed by atoms with Gasteiger partial charge in [-0.05, 0) is 55.2 Å². The highest BCUT2D eigenvalue weighted by Crippen LogP contribution is 2.49. The zero-order chi connectivity index (χ0) is 18.8. The molecule has 1 aromatic carbocycles. The summed E-state index contributed by atoms with van der Waals surface area (Å²) in [5.74, 6) is 1.15. The van der Waals surface area contributed by atoms with Crippen molar-refractivity contribution in [2.75, 3.05) is 11.9 Å². The SMILES string of the molecule is O=C(COC(=O)C[C@H]1C[C@H]2CC[C@@H]1C2)Nc1cc(Cl)ccc1-n1cncn1. The molecule has 27 heavy (non-hydrogen) atoms. The maximum atomic E-state index is 12.2. The minimum atomic E-state index is -0.417. The van der Waals surface area contributed by atoms with Crippen molar-refractivity contribution in [2.45, 2.75) is 32.1 Å². The number of nitrogens with one attached hydrogen (secondary N) is 1. The summed E-state index contributed by atoms with van der Waals surface area (Å²) in [4.78, 5) is 28.2. The minimum Gasteiger partial charge on any atom is -0.456 e. The van der Waals surface area contributed by atoms with E-state index in [0.29, 0.717) is 34.7 Å². The van der Waals surface area contributed by atoms with Gasteiger partial charge in [0.15, 0.2) is 6.61 Å². The molecule has 2 aliphatic rings. The van der Waals surface area contributed by atoms with E-state index in [1.807, 2.05) is 0 Å². The van der Waals surface area contributed by atoms with Gasteiger partial charge in [-0.25, -0.2) is 9.67 Å². The number of hydrogen-bond acceptors (Lipinski definition) is 5. The first-order chi connectivity index (χ1) is 13.1. The van der Waals surface area contributed by atoms with Gasteiger partial charge >= 0.3 is 5.97 Å². The maximum absolute atomic E-state index is 12.2. The quantitative estimate of drug-likeness (QED) is 0.768. The number of nitrogens with zero attached hydrogens (tertiary/aromatic N) is 3. The van der Waals surface area contributed by atoms with Gasteiger partial charge < -0.3 is 10.1 Å². The zero-order valence-corrected chi connectivity index (χ0v) is 15.6. The van der Waals surface area contributed by atoms with Gasteiger partial charge in [0.25, 0.3) is 5.91 Å². The second-order valence-electron chi connectivity index (χ2n) is 7.35. The fraction of sp³-hybridized carbons (Fsp3) is 0.474. The molecule has 7 nitrogen and oxygen atoms in total. The molecule has 1 heterocycles. The van der Waals surface area contributed by atoms with Crippen LogP contribution in [0, 0.1) is 17.8 Å². The first kappa shape index (κ1) is 18.0. The van der Waals surface area contributed by atoms with Gasteiger partial charge in [-0.1, -0.05) is 18.0 Å². The molecule has 0 spiro atoms. The third-order valence-corrected chi connectivity index (χ3v) is 5.81.